The fourth-order valence-corrected chi connectivity index (χ4v) is 2.94. The first-order chi connectivity index (χ1) is 13.7. The van der Waals surface area contributed by atoms with Gasteiger partial charge < -0.3 is 14.5 Å². The first-order valence-corrected chi connectivity index (χ1v) is 9.21. The summed E-state index contributed by atoms with van der Waals surface area (Å²) in [4.78, 5) is 16.0. The Morgan fingerprint density at radius 3 is 2.79 bits per heavy atom. The molecule has 0 bridgehead atoms. The van der Waals surface area contributed by atoms with Crippen molar-refractivity contribution < 1.29 is 14.3 Å². The molecule has 1 heterocycles. The maximum atomic E-state index is 12.9. The molecule has 3 aromatic rings. The quantitative estimate of drug-likeness (QED) is 0.256. The Kier molecular flexibility index (Phi) is 6.13. The monoisotopic (exact) mass is 374 g/mol. The van der Waals surface area contributed by atoms with Crippen molar-refractivity contribution in [2.75, 3.05) is 13.7 Å². The van der Waals surface area contributed by atoms with Crippen LogP contribution in [0.5, 0.6) is 11.5 Å². The molecule has 1 aromatic heterocycles. The number of rotatable bonds is 8. The minimum atomic E-state index is -0.316. The number of aromatic amines is 1. The van der Waals surface area contributed by atoms with Crippen molar-refractivity contribution in [3.8, 4) is 17.6 Å². The third-order valence-electron chi connectivity index (χ3n) is 4.45. The van der Waals surface area contributed by atoms with Gasteiger partial charge in [0.1, 0.15) is 11.6 Å². The fourth-order valence-electron chi connectivity index (χ4n) is 2.94. The summed E-state index contributed by atoms with van der Waals surface area (Å²) in [7, 11) is 1.58. The van der Waals surface area contributed by atoms with Gasteiger partial charge in [0, 0.05) is 22.7 Å². The van der Waals surface area contributed by atoms with Crippen LogP contribution in [0.3, 0.4) is 0 Å². The number of H-pyrrole nitrogens is 1. The Morgan fingerprint density at radius 1 is 1.21 bits per heavy atom. The largest absolute Gasteiger partial charge is 0.493 e. The molecule has 0 spiro atoms. The maximum absolute atomic E-state index is 12.9. The Hall–Kier alpha value is -3.52. The average Bonchev–Trinajstić information content (AvgIpc) is 3.16. The molecule has 5 heteroatoms. The zero-order chi connectivity index (χ0) is 19.9. The highest BCUT2D eigenvalue weighted by atomic mass is 16.5. The van der Waals surface area contributed by atoms with E-state index in [-0.39, 0.29) is 11.4 Å². The van der Waals surface area contributed by atoms with Crippen LogP contribution in [0.15, 0.2) is 54.2 Å². The number of fused-ring (bicyclic) bond motifs is 1. The molecule has 2 aromatic carbocycles. The second-order valence-corrected chi connectivity index (χ2v) is 6.36. The number of hydrogen-bond acceptors (Lipinski definition) is 4. The van der Waals surface area contributed by atoms with E-state index in [1.165, 1.54) is 0 Å². The number of nitrogens with zero attached hydrogens (tertiary/aromatic N) is 1. The number of carbonyl (C=O) groups is 1. The molecular formula is C23H22N2O3. The lowest BCUT2D eigenvalue weighted by Crippen LogP contribution is -2.02. The van der Waals surface area contributed by atoms with Crippen LogP contribution in [-0.2, 0) is 0 Å². The molecule has 0 aliphatic rings. The highest BCUT2D eigenvalue weighted by Crippen LogP contribution is 2.30. The summed E-state index contributed by atoms with van der Waals surface area (Å²) >= 11 is 0. The van der Waals surface area contributed by atoms with E-state index in [9.17, 15) is 10.1 Å². The molecule has 0 aliphatic heterocycles. The van der Waals surface area contributed by atoms with E-state index in [0.29, 0.717) is 29.2 Å². The van der Waals surface area contributed by atoms with Crippen LogP contribution in [-0.4, -0.2) is 24.5 Å². The van der Waals surface area contributed by atoms with E-state index < -0.39 is 0 Å². The lowest BCUT2D eigenvalue weighted by molar-refractivity contribution is 0.104. The number of benzene rings is 2. The van der Waals surface area contributed by atoms with Gasteiger partial charge in [0.2, 0.25) is 5.78 Å². The van der Waals surface area contributed by atoms with Crippen LogP contribution in [0.1, 0.15) is 35.7 Å². The van der Waals surface area contributed by atoms with Gasteiger partial charge in [-0.3, -0.25) is 4.79 Å². The van der Waals surface area contributed by atoms with Crippen molar-refractivity contribution in [2.45, 2.75) is 19.8 Å². The summed E-state index contributed by atoms with van der Waals surface area (Å²) < 4.78 is 11.1. The fraction of sp³-hybridized carbons (Fsp3) is 0.217. The van der Waals surface area contributed by atoms with Gasteiger partial charge in [-0.1, -0.05) is 37.6 Å². The average molecular weight is 374 g/mol. The summed E-state index contributed by atoms with van der Waals surface area (Å²) in [6.45, 7) is 2.68. The maximum Gasteiger partial charge on any atom is 0.205 e. The van der Waals surface area contributed by atoms with E-state index in [2.05, 4.69) is 11.9 Å². The summed E-state index contributed by atoms with van der Waals surface area (Å²) in [5.41, 5.74) is 2.11. The number of ether oxygens (including phenoxy) is 2. The number of nitriles is 1. The van der Waals surface area contributed by atoms with Crippen molar-refractivity contribution in [3.63, 3.8) is 0 Å². The Bertz CT molecular complexity index is 1060. The summed E-state index contributed by atoms with van der Waals surface area (Å²) in [6, 6.07) is 14.9. The zero-order valence-corrected chi connectivity index (χ0v) is 16.0. The highest BCUT2D eigenvalue weighted by molar-refractivity contribution is 6.19. The number of unbranched alkanes of at least 4 members (excludes halogenated alkanes) is 1. The molecule has 142 valence electrons. The normalized spacial score (nSPS) is 11.2. The van der Waals surface area contributed by atoms with Crippen LogP contribution >= 0.6 is 0 Å². The lowest BCUT2D eigenvalue weighted by atomic mass is 10.0. The number of para-hydroxylation sites is 1. The third-order valence-corrected chi connectivity index (χ3v) is 4.45. The number of methoxy groups -OCH3 is 1. The van der Waals surface area contributed by atoms with Gasteiger partial charge in [-0.25, -0.2) is 0 Å². The number of hydrogen-bond donors (Lipinski definition) is 1. The molecule has 0 saturated carbocycles. The smallest absolute Gasteiger partial charge is 0.205 e. The molecule has 1 N–H and O–H groups in total. The minimum absolute atomic E-state index is 0.0643. The van der Waals surface area contributed by atoms with Gasteiger partial charge in [0.25, 0.3) is 0 Å². The number of ketones is 1. The predicted molar refractivity (Wildman–Crippen MR) is 110 cm³/mol. The second-order valence-electron chi connectivity index (χ2n) is 6.36. The third kappa shape index (κ3) is 4.07. The van der Waals surface area contributed by atoms with Gasteiger partial charge >= 0.3 is 0 Å². The van der Waals surface area contributed by atoms with Crippen molar-refractivity contribution in [3.05, 3.63) is 65.4 Å². The molecule has 0 radical (unpaired) electrons. The molecule has 0 saturated heterocycles. The molecule has 5 nitrogen and oxygen atoms in total. The van der Waals surface area contributed by atoms with Crippen molar-refractivity contribution >= 4 is 22.8 Å². The Morgan fingerprint density at radius 2 is 2.04 bits per heavy atom. The minimum Gasteiger partial charge on any atom is -0.493 e. The standard InChI is InChI=1S/C23H22N2O3/c1-3-4-11-28-22-13-16(9-10-21(22)27-2)12-17(14-24)23(26)19-15-25-20-8-6-5-7-18(19)20/h5-10,12-13,15,25H,3-4,11H2,1-2H3/b17-12+. The molecule has 3 rings (SSSR count). The Balaban J connectivity index is 1.92. The van der Waals surface area contributed by atoms with Crippen LogP contribution in [0.2, 0.25) is 0 Å². The van der Waals surface area contributed by atoms with Gasteiger partial charge in [0.05, 0.1) is 13.7 Å². The zero-order valence-electron chi connectivity index (χ0n) is 16.0. The lowest BCUT2D eigenvalue weighted by Gasteiger charge is -2.11. The van der Waals surface area contributed by atoms with Gasteiger partial charge in [0.15, 0.2) is 11.5 Å². The predicted octanol–water partition coefficient (Wildman–Crippen LogP) is 5.15. The van der Waals surface area contributed by atoms with Crippen molar-refractivity contribution in [1.29, 1.82) is 5.26 Å². The number of carbonyl (C=O) groups excluding carboxylic acids is 1. The molecule has 0 fully saturated rings. The first kappa shape index (κ1) is 19.2. The summed E-state index contributed by atoms with van der Waals surface area (Å²) in [6.07, 6.45) is 5.19. The van der Waals surface area contributed by atoms with Crippen LogP contribution in [0.4, 0.5) is 0 Å². The van der Waals surface area contributed by atoms with Crippen LogP contribution in [0.25, 0.3) is 17.0 Å². The van der Waals surface area contributed by atoms with Gasteiger partial charge in [-0.05, 0) is 36.3 Å². The molecule has 0 aliphatic carbocycles. The van der Waals surface area contributed by atoms with E-state index >= 15 is 0 Å². The number of aromatic nitrogens is 1. The molecule has 0 atom stereocenters. The van der Waals surface area contributed by atoms with E-state index in [1.807, 2.05) is 30.3 Å². The summed E-state index contributed by atoms with van der Waals surface area (Å²) in [5.74, 6) is 0.903. The number of Topliss-reactive ketones (excluding diaryl/α,β-unsaturated/α-hetero) is 1. The highest BCUT2D eigenvalue weighted by Gasteiger charge is 2.17. The summed E-state index contributed by atoms with van der Waals surface area (Å²) in [5, 5.41) is 10.4. The van der Waals surface area contributed by atoms with Crippen molar-refractivity contribution in [2.24, 2.45) is 0 Å². The Labute approximate surface area is 164 Å². The van der Waals surface area contributed by atoms with Crippen molar-refractivity contribution in [1.82, 2.24) is 4.98 Å². The number of nitrogens with one attached hydrogen (secondary N) is 1. The number of allylic oxidation sites excluding steroid dienone is 1. The van der Waals surface area contributed by atoms with E-state index in [0.717, 1.165) is 23.7 Å². The SMILES string of the molecule is CCCCOc1cc(/C=C(\C#N)C(=O)c2c[nH]c3ccccc23)ccc1OC. The van der Waals surface area contributed by atoms with E-state index in [4.69, 9.17) is 9.47 Å². The molecule has 0 unspecified atom stereocenters. The molecular weight excluding hydrogens is 352 g/mol. The van der Waals surface area contributed by atoms with Crippen LogP contribution < -0.4 is 9.47 Å². The van der Waals surface area contributed by atoms with Crippen LogP contribution in [0, 0.1) is 11.3 Å². The first-order valence-electron chi connectivity index (χ1n) is 9.21. The molecule has 0 amide bonds. The van der Waals surface area contributed by atoms with Gasteiger partial charge in [-0.15, -0.1) is 0 Å². The van der Waals surface area contributed by atoms with Gasteiger partial charge in [-0.2, -0.15) is 5.26 Å². The van der Waals surface area contributed by atoms with E-state index in [1.54, 1.807) is 37.6 Å². The second kappa shape index (κ2) is 8.92. The topological polar surface area (TPSA) is 75.1 Å². The molecule has 28 heavy (non-hydrogen) atoms.